The van der Waals surface area contributed by atoms with Gasteiger partial charge in [0.25, 0.3) is 0 Å². The van der Waals surface area contributed by atoms with E-state index in [0.717, 1.165) is 5.56 Å². The molecule has 0 spiro atoms. The molecule has 2 heterocycles. The average Bonchev–Trinajstić information content (AvgIpc) is 2.90. The fourth-order valence-corrected chi connectivity index (χ4v) is 4.33. The number of rotatable bonds is 2. The third-order valence-electron chi connectivity index (χ3n) is 4.25. The van der Waals surface area contributed by atoms with E-state index in [4.69, 9.17) is 11.6 Å². The van der Waals surface area contributed by atoms with Gasteiger partial charge in [-0.05, 0) is 23.3 Å². The predicted octanol–water partition coefficient (Wildman–Crippen LogP) is 4.37. The van der Waals surface area contributed by atoms with Crippen molar-refractivity contribution in [2.24, 2.45) is 0 Å². The molecular weight excluding hydrogens is 363 g/mol. The summed E-state index contributed by atoms with van der Waals surface area (Å²) in [4.78, 5) is 0. The molecule has 0 bridgehead atoms. The van der Waals surface area contributed by atoms with Crippen molar-refractivity contribution in [2.75, 3.05) is 10.5 Å². The number of nitrogens with zero attached hydrogens (tertiary/aromatic N) is 1. The smallest absolute Gasteiger partial charge is 0.235 e. The molecule has 0 saturated carbocycles. The third kappa shape index (κ3) is 2.92. The van der Waals surface area contributed by atoms with Crippen molar-refractivity contribution in [1.82, 2.24) is 4.57 Å². The summed E-state index contributed by atoms with van der Waals surface area (Å²) in [6.45, 7) is 0.272. The van der Waals surface area contributed by atoms with Gasteiger partial charge < -0.3 is 4.57 Å². The van der Waals surface area contributed by atoms with Gasteiger partial charge in [-0.1, -0.05) is 54.1 Å². The Morgan fingerprint density at radius 2 is 1.76 bits per heavy atom. The van der Waals surface area contributed by atoms with Crippen LogP contribution < -0.4 is 4.72 Å². The van der Waals surface area contributed by atoms with Crippen LogP contribution in [0.4, 0.5) is 10.2 Å². The van der Waals surface area contributed by atoms with E-state index in [1.165, 1.54) is 6.07 Å². The van der Waals surface area contributed by atoms with E-state index >= 15 is 0 Å². The van der Waals surface area contributed by atoms with E-state index in [-0.39, 0.29) is 18.1 Å². The molecule has 128 valence electrons. The van der Waals surface area contributed by atoms with Crippen molar-refractivity contribution < 1.29 is 12.8 Å². The Morgan fingerprint density at radius 1 is 1.00 bits per heavy atom. The summed E-state index contributed by atoms with van der Waals surface area (Å²) >= 11 is 6.21. The molecule has 1 N–H and O–H groups in total. The summed E-state index contributed by atoms with van der Waals surface area (Å²) in [5.74, 6) is -0.0312. The Bertz CT molecular complexity index is 1060. The van der Waals surface area contributed by atoms with Crippen LogP contribution in [0.15, 0.2) is 54.6 Å². The van der Waals surface area contributed by atoms with Crippen LogP contribution in [-0.4, -0.2) is 18.7 Å². The molecule has 3 aromatic rings. The third-order valence-corrected chi connectivity index (χ3v) is 5.78. The highest BCUT2D eigenvalue weighted by Crippen LogP contribution is 2.38. The van der Waals surface area contributed by atoms with Crippen molar-refractivity contribution in [3.8, 4) is 22.3 Å². The summed E-state index contributed by atoms with van der Waals surface area (Å²) in [6.07, 6.45) is 0. The summed E-state index contributed by atoms with van der Waals surface area (Å²) in [5, 5.41) is 0.417. The number of anilines is 1. The Labute approximate surface area is 149 Å². The summed E-state index contributed by atoms with van der Waals surface area (Å²) in [6, 6.07) is 15.8. The molecule has 0 saturated heterocycles. The fourth-order valence-electron chi connectivity index (χ4n) is 3.01. The van der Waals surface area contributed by atoms with Gasteiger partial charge in [-0.3, -0.25) is 4.72 Å². The van der Waals surface area contributed by atoms with Gasteiger partial charge >= 0.3 is 0 Å². The molecule has 0 aliphatic carbocycles. The highest BCUT2D eigenvalue weighted by molar-refractivity contribution is 7.92. The normalized spacial score (nSPS) is 15.4. The summed E-state index contributed by atoms with van der Waals surface area (Å²) < 4.78 is 42.6. The standard InChI is InChI=1S/C18H14ClFN2O2S/c19-17-11-15(18-21-25(23,24)9-8-22(17)18)13-6-7-14(16(20)10-13)12-4-2-1-3-5-12/h1-7,10-11,21H,8-9H2. The zero-order valence-electron chi connectivity index (χ0n) is 13.0. The summed E-state index contributed by atoms with van der Waals surface area (Å²) in [7, 11) is -3.40. The first-order valence-corrected chi connectivity index (χ1v) is 9.72. The Hall–Kier alpha value is -2.31. The number of benzene rings is 2. The van der Waals surface area contributed by atoms with E-state index in [9.17, 15) is 12.8 Å². The number of hydrogen-bond acceptors (Lipinski definition) is 2. The van der Waals surface area contributed by atoms with Gasteiger partial charge in [0, 0.05) is 17.7 Å². The quantitative estimate of drug-likeness (QED) is 0.722. The number of aromatic nitrogens is 1. The SMILES string of the molecule is O=S1(=O)CCn2c(Cl)cc(-c3ccc(-c4ccccc4)c(F)c3)c2N1. The molecule has 0 unspecified atom stereocenters. The first-order valence-electron chi connectivity index (χ1n) is 7.69. The second-order valence-electron chi connectivity index (χ2n) is 5.86. The van der Waals surface area contributed by atoms with Gasteiger partial charge in [-0.25, -0.2) is 12.8 Å². The van der Waals surface area contributed by atoms with E-state index in [0.29, 0.717) is 27.7 Å². The monoisotopic (exact) mass is 376 g/mol. The lowest BCUT2D eigenvalue weighted by Crippen LogP contribution is -2.27. The molecule has 7 heteroatoms. The molecule has 25 heavy (non-hydrogen) atoms. The first kappa shape index (κ1) is 16.2. The molecule has 1 aliphatic rings. The maximum atomic E-state index is 14.6. The number of halogens is 2. The van der Waals surface area contributed by atoms with Crippen LogP contribution in [0.3, 0.4) is 0 Å². The molecule has 4 nitrogen and oxygen atoms in total. The van der Waals surface area contributed by atoms with Crippen LogP contribution in [0, 0.1) is 5.82 Å². The first-order chi connectivity index (χ1) is 11.9. The molecule has 0 radical (unpaired) electrons. The maximum Gasteiger partial charge on any atom is 0.235 e. The lowest BCUT2D eigenvalue weighted by Gasteiger charge is -2.19. The van der Waals surface area contributed by atoms with Crippen LogP contribution in [0.1, 0.15) is 0 Å². The summed E-state index contributed by atoms with van der Waals surface area (Å²) in [5.41, 5.74) is 2.40. The second kappa shape index (κ2) is 5.89. The van der Waals surface area contributed by atoms with Crippen LogP contribution in [0.25, 0.3) is 22.3 Å². The lowest BCUT2D eigenvalue weighted by molar-refractivity contribution is 0.588. The number of hydrogen-bond donors (Lipinski definition) is 1. The topological polar surface area (TPSA) is 51.1 Å². The van der Waals surface area contributed by atoms with Crippen LogP contribution >= 0.6 is 11.6 Å². The highest BCUT2D eigenvalue weighted by Gasteiger charge is 2.26. The Kier molecular flexibility index (Phi) is 3.81. The van der Waals surface area contributed by atoms with Crippen LogP contribution in [-0.2, 0) is 16.6 Å². The average molecular weight is 377 g/mol. The van der Waals surface area contributed by atoms with Gasteiger partial charge in [0.15, 0.2) is 0 Å². The zero-order chi connectivity index (χ0) is 17.6. The van der Waals surface area contributed by atoms with Gasteiger partial charge in [-0.15, -0.1) is 0 Å². The van der Waals surface area contributed by atoms with Crippen molar-refractivity contribution in [3.63, 3.8) is 0 Å². The minimum absolute atomic E-state index is 0.0326. The van der Waals surface area contributed by atoms with Crippen LogP contribution in [0.2, 0.25) is 5.15 Å². The van der Waals surface area contributed by atoms with E-state index in [1.54, 1.807) is 22.8 Å². The fraction of sp³-hybridized carbons (Fsp3) is 0.111. The van der Waals surface area contributed by atoms with Crippen molar-refractivity contribution >= 4 is 27.4 Å². The molecule has 1 aliphatic heterocycles. The molecule has 2 aromatic carbocycles. The molecule has 0 amide bonds. The highest BCUT2D eigenvalue weighted by atomic mass is 35.5. The number of sulfonamides is 1. The van der Waals surface area contributed by atoms with Crippen molar-refractivity contribution in [2.45, 2.75) is 6.54 Å². The number of nitrogens with one attached hydrogen (secondary N) is 1. The lowest BCUT2D eigenvalue weighted by atomic mass is 10.0. The minimum Gasteiger partial charge on any atom is -0.316 e. The molecule has 0 atom stereocenters. The molecule has 4 rings (SSSR count). The van der Waals surface area contributed by atoms with E-state index < -0.39 is 10.0 Å². The maximum absolute atomic E-state index is 14.6. The molecule has 1 aromatic heterocycles. The molecular formula is C18H14ClFN2O2S. The zero-order valence-corrected chi connectivity index (χ0v) is 14.6. The largest absolute Gasteiger partial charge is 0.316 e. The Balaban J connectivity index is 1.81. The van der Waals surface area contributed by atoms with Crippen LogP contribution in [0.5, 0.6) is 0 Å². The molecule has 0 fully saturated rings. The predicted molar refractivity (Wildman–Crippen MR) is 97.7 cm³/mol. The second-order valence-corrected chi connectivity index (χ2v) is 8.09. The van der Waals surface area contributed by atoms with Crippen molar-refractivity contribution in [1.29, 1.82) is 0 Å². The van der Waals surface area contributed by atoms with Gasteiger partial charge in [0.2, 0.25) is 10.0 Å². The Morgan fingerprint density at radius 3 is 2.48 bits per heavy atom. The van der Waals surface area contributed by atoms with Gasteiger partial charge in [0.1, 0.15) is 16.8 Å². The van der Waals surface area contributed by atoms with E-state index in [2.05, 4.69) is 4.72 Å². The number of fused-ring (bicyclic) bond motifs is 1. The van der Waals surface area contributed by atoms with E-state index in [1.807, 2.05) is 30.3 Å². The van der Waals surface area contributed by atoms with Crippen molar-refractivity contribution in [3.05, 3.63) is 65.6 Å². The van der Waals surface area contributed by atoms with Gasteiger partial charge in [0.05, 0.1) is 5.75 Å². The van der Waals surface area contributed by atoms with Gasteiger partial charge in [-0.2, -0.15) is 0 Å². The minimum atomic E-state index is -3.40.